The molecule has 0 unspecified atom stereocenters. The number of benzene rings is 1. The molecule has 0 atom stereocenters. The minimum atomic E-state index is -0.0207. The molecule has 0 radical (unpaired) electrons. The summed E-state index contributed by atoms with van der Waals surface area (Å²) in [6.45, 7) is 5.54. The van der Waals surface area contributed by atoms with Gasteiger partial charge in [0, 0.05) is 25.5 Å². The number of nitrogens with one attached hydrogen (secondary N) is 2. The molecule has 112 valence electrons. The number of hydrogen-bond donors (Lipinski definition) is 2. The molecule has 1 aromatic heterocycles. The van der Waals surface area contributed by atoms with Gasteiger partial charge in [0.1, 0.15) is 5.82 Å². The van der Waals surface area contributed by atoms with Crippen molar-refractivity contribution in [2.75, 3.05) is 36.9 Å². The van der Waals surface area contributed by atoms with Crippen molar-refractivity contribution in [3.05, 3.63) is 24.3 Å². The Kier molecular flexibility index (Phi) is 4.92. The molecule has 0 spiro atoms. The fraction of sp³-hybridized carbons (Fsp3) is 0.400. The third-order valence-electron chi connectivity index (χ3n) is 3.03. The maximum atomic E-state index is 11.8. The number of rotatable bonds is 6. The van der Waals surface area contributed by atoms with E-state index in [-0.39, 0.29) is 12.5 Å². The Labute approximate surface area is 124 Å². The van der Waals surface area contributed by atoms with Gasteiger partial charge >= 0.3 is 0 Å². The average molecular weight is 287 g/mol. The molecule has 0 bridgehead atoms. The monoisotopic (exact) mass is 287 g/mol. The van der Waals surface area contributed by atoms with E-state index in [1.54, 1.807) is 0 Å². The van der Waals surface area contributed by atoms with Crippen LogP contribution in [0.15, 0.2) is 24.3 Å². The van der Waals surface area contributed by atoms with E-state index in [0.717, 1.165) is 23.3 Å². The Morgan fingerprint density at radius 3 is 2.67 bits per heavy atom. The fourth-order valence-corrected chi connectivity index (χ4v) is 2.13. The number of amides is 1. The molecule has 0 saturated carbocycles. The van der Waals surface area contributed by atoms with Crippen molar-refractivity contribution in [3.8, 4) is 0 Å². The molecule has 0 saturated heterocycles. The van der Waals surface area contributed by atoms with Crippen molar-refractivity contribution in [3.63, 3.8) is 0 Å². The first-order valence-electron chi connectivity index (χ1n) is 7.14. The van der Waals surface area contributed by atoms with Crippen LogP contribution in [-0.2, 0) is 4.79 Å². The minimum Gasteiger partial charge on any atom is -0.355 e. The van der Waals surface area contributed by atoms with Crippen molar-refractivity contribution >= 4 is 28.6 Å². The van der Waals surface area contributed by atoms with Gasteiger partial charge in [-0.25, -0.2) is 4.98 Å². The number of hydrogen-bond acceptors (Lipinski definition) is 5. The van der Waals surface area contributed by atoms with Crippen LogP contribution in [0.4, 0.5) is 11.8 Å². The number of aromatic nitrogens is 2. The molecule has 2 N–H and O–H groups in total. The van der Waals surface area contributed by atoms with Crippen LogP contribution in [0.3, 0.4) is 0 Å². The van der Waals surface area contributed by atoms with E-state index in [4.69, 9.17) is 0 Å². The van der Waals surface area contributed by atoms with Crippen molar-refractivity contribution in [2.45, 2.75) is 13.8 Å². The van der Waals surface area contributed by atoms with Crippen molar-refractivity contribution in [1.29, 1.82) is 0 Å². The van der Waals surface area contributed by atoms with Gasteiger partial charge in [-0.1, -0.05) is 12.1 Å². The molecule has 0 aliphatic rings. The quantitative estimate of drug-likeness (QED) is 0.845. The predicted molar refractivity (Wildman–Crippen MR) is 85.7 cm³/mol. The molecule has 21 heavy (non-hydrogen) atoms. The summed E-state index contributed by atoms with van der Waals surface area (Å²) < 4.78 is 0. The highest BCUT2D eigenvalue weighted by atomic mass is 16.2. The Bertz CT molecular complexity index is 628. The van der Waals surface area contributed by atoms with E-state index in [1.807, 2.05) is 50.1 Å². The molecule has 1 aromatic carbocycles. The smallest absolute Gasteiger partial charge is 0.239 e. The van der Waals surface area contributed by atoms with Gasteiger partial charge in [-0.05, 0) is 26.0 Å². The number of nitrogens with zero attached hydrogens (tertiary/aromatic N) is 3. The largest absolute Gasteiger partial charge is 0.355 e. The minimum absolute atomic E-state index is 0.0207. The normalized spacial score (nSPS) is 10.4. The first-order valence-corrected chi connectivity index (χ1v) is 7.14. The molecule has 1 amide bonds. The molecule has 1 heterocycles. The Balaban J connectivity index is 2.38. The molecule has 0 aliphatic carbocycles. The number of anilines is 2. The van der Waals surface area contributed by atoms with Crippen molar-refractivity contribution in [1.82, 2.24) is 15.3 Å². The summed E-state index contributed by atoms with van der Waals surface area (Å²) in [6, 6.07) is 7.80. The summed E-state index contributed by atoms with van der Waals surface area (Å²) >= 11 is 0. The summed E-state index contributed by atoms with van der Waals surface area (Å²) in [5.74, 6) is 1.31. The van der Waals surface area contributed by atoms with E-state index in [0.29, 0.717) is 12.5 Å². The van der Waals surface area contributed by atoms with Gasteiger partial charge in [0.05, 0.1) is 12.1 Å². The van der Waals surface area contributed by atoms with E-state index in [2.05, 4.69) is 20.6 Å². The van der Waals surface area contributed by atoms with Gasteiger partial charge in [-0.3, -0.25) is 4.79 Å². The summed E-state index contributed by atoms with van der Waals surface area (Å²) in [4.78, 5) is 22.6. The van der Waals surface area contributed by atoms with Crippen LogP contribution in [0.1, 0.15) is 13.8 Å². The highest BCUT2D eigenvalue weighted by Gasteiger charge is 2.13. The standard InChI is InChI=1S/C15H21N5O/c1-4-16-13(21)10-20(3)14-11-8-6-7-9-12(11)18-15(19-14)17-5-2/h6-9H,4-5,10H2,1-3H3,(H,16,21)(H,17,18,19). The Hall–Kier alpha value is -2.37. The lowest BCUT2D eigenvalue weighted by Gasteiger charge is -2.20. The number of likely N-dealkylation sites (N-methyl/N-ethyl adjacent to an activating group) is 2. The van der Waals surface area contributed by atoms with Gasteiger partial charge in [-0.15, -0.1) is 0 Å². The summed E-state index contributed by atoms with van der Waals surface area (Å²) in [6.07, 6.45) is 0. The van der Waals surface area contributed by atoms with Gasteiger partial charge in [0.2, 0.25) is 11.9 Å². The summed E-state index contributed by atoms with van der Waals surface area (Å²) in [5.41, 5.74) is 0.862. The van der Waals surface area contributed by atoms with Crippen LogP contribution in [-0.4, -0.2) is 42.6 Å². The van der Waals surface area contributed by atoms with Crippen LogP contribution < -0.4 is 15.5 Å². The third-order valence-corrected chi connectivity index (χ3v) is 3.03. The Morgan fingerprint density at radius 1 is 1.19 bits per heavy atom. The van der Waals surface area contributed by atoms with Gasteiger partial charge in [-0.2, -0.15) is 4.98 Å². The zero-order valence-electron chi connectivity index (χ0n) is 12.7. The van der Waals surface area contributed by atoms with Crippen LogP contribution in [0.25, 0.3) is 10.9 Å². The summed E-state index contributed by atoms with van der Waals surface area (Å²) in [5, 5.41) is 6.85. The number of para-hydroxylation sites is 1. The lowest BCUT2D eigenvalue weighted by molar-refractivity contribution is -0.119. The topological polar surface area (TPSA) is 70.2 Å². The second-order valence-electron chi connectivity index (χ2n) is 4.73. The van der Waals surface area contributed by atoms with Gasteiger partial charge < -0.3 is 15.5 Å². The van der Waals surface area contributed by atoms with Gasteiger partial charge in [0.15, 0.2) is 0 Å². The first kappa shape index (κ1) is 15.0. The van der Waals surface area contributed by atoms with E-state index in [9.17, 15) is 4.79 Å². The Morgan fingerprint density at radius 2 is 1.95 bits per heavy atom. The molecule has 6 nitrogen and oxygen atoms in total. The van der Waals surface area contributed by atoms with Crippen LogP contribution in [0.5, 0.6) is 0 Å². The number of carbonyl (C=O) groups is 1. The SMILES string of the molecule is CCNC(=O)CN(C)c1nc(NCC)nc2ccccc12. The second-order valence-corrected chi connectivity index (χ2v) is 4.73. The van der Waals surface area contributed by atoms with Crippen LogP contribution >= 0.6 is 0 Å². The van der Waals surface area contributed by atoms with Gasteiger partial charge in [0.25, 0.3) is 0 Å². The molecular formula is C15H21N5O. The van der Waals surface area contributed by atoms with Crippen LogP contribution in [0, 0.1) is 0 Å². The third kappa shape index (κ3) is 3.59. The fourth-order valence-electron chi connectivity index (χ4n) is 2.13. The number of fused-ring (bicyclic) bond motifs is 1. The van der Waals surface area contributed by atoms with E-state index in [1.165, 1.54) is 0 Å². The molecule has 2 rings (SSSR count). The average Bonchev–Trinajstić information content (AvgIpc) is 2.47. The number of carbonyl (C=O) groups excluding carboxylic acids is 1. The second kappa shape index (κ2) is 6.88. The van der Waals surface area contributed by atoms with E-state index >= 15 is 0 Å². The van der Waals surface area contributed by atoms with E-state index < -0.39 is 0 Å². The lowest BCUT2D eigenvalue weighted by atomic mass is 10.2. The highest BCUT2D eigenvalue weighted by Crippen LogP contribution is 2.24. The molecular weight excluding hydrogens is 266 g/mol. The predicted octanol–water partition coefficient (Wildman–Crippen LogP) is 1.63. The van der Waals surface area contributed by atoms with Crippen molar-refractivity contribution < 1.29 is 4.79 Å². The zero-order chi connectivity index (χ0) is 15.2. The zero-order valence-corrected chi connectivity index (χ0v) is 12.7. The maximum Gasteiger partial charge on any atom is 0.239 e. The van der Waals surface area contributed by atoms with Crippen LogP contribution in [0.2, 0.25) is 0 Å². The molecule has 6 heteroatoms. The maximum absolute atomic E-state index is 11.8. The molecule has 0 fully saturated rings. The molecule has 0 aliphatic heterocycles. The van der Waals surface area contributed by atoms with Crippen molar-refractivity contribution in [2.24, 2.45) is 0 Å². The first-order chi connectivity index (χ1) is 10.2. The molecule has 2 aromatic rings. The highest BCUT2D eigenvalue weighted by molar-refractivity contribution is 5.92. The lowest BCUT2D eigenvalue weighted by Crippen LogP contribution is -2.35. The summed E-state index contributed by atoms with van der Waals surface area (Å²) in [7, 11) is 1.86.